The van der Waals surface area contributed by atoms with Gasteiger partial charge in [0, 0.05) is 0 Å². The summed E-state index contributed by atoms with van der Waals surface area (Å²) in [5.74, 6) is 0.706. The summed E-state index contributed by atoms with van der Waals surface area (Å²) in [5, 5.41) is 0. The summed E-state index contributed by atoms with van der Waals surface area (Å²) in [6.45, 7) is 2.88. The quantitative estimate of drug-likeness (QED) is 0.729. The number of rotatable bonds is 4. The third-order valence-electron chi connectivity index (χ3n) is 3.49. The number of ether oxygens (including phenoxy) is 1. The number of benzene rings is 1. The van der Waals surface area contributed by atoms with Crippen LogP contribution in [0.2, 0.25) is 0 Å². The van der Waals surface area contributed by atoms with Gasteiger partial charge in [-0.2, -0.15) is 0 Å². The minimum Gasteiger partial charge on any atom is -0.367 e. The fraction of sp³-hybridized carbons (Fsp3) is 0.533. The molecule has 1 heteroatoms. The smallest absolute Gasteiger partial charge is 0.0975 e. The normalized spacial score (nSPS) is 17.9. The van der Waals surface area contributed by atoms with Crippen LogP contribution in [0.25, 0.3) is 0 Å². The predicted molar refractivity (Wildman–Crippen MR) is 66.7 cm³/mol. The van der Waals surface area contributed by atoms with Gasteiger partial charge >= 0.3 is 0 Å². The van der Waals surface area contributed by atoms with Gasteiger partial charge in [0.1, 0.15) is 0 Å². The van der Waals surface area contributed by atoms with Crippen LogP contribution in [0.5, 0.6) is 0 Å². The van der Waals surface area contributed by atoms with E-state index in [1.807, 2.05) is 6.07 Å². The third-order valence-corrected chi connectivity index (χ3v) is 3.49. The maximum absolute atomic E-state index is 5.88. The summed E-state index contributed by atoms with van der Waals surface area (Å²) in [6.07, 6.45) is 8.03. The molecule has 0 N–H and O–H groups in total. The maximum atomic E-state index is 5.88. The van der Waals surface area contributed by atoms with E-state index in [4.69, 9.17) is 4.74 Å². The van der Waals surface area contributed by atoms with Crippen LogP contribution in [-0.4, -0.2) is 0 Å². The molecule has 0 bridgehead atoms. The molecule has 0 heterocycles. The summed E-state index contributed by atoms with van der Waals surface area (Å²) in [5.41, 5.74) is 1.26. The van der Waals surface area contributed by atoms with Crippen molar-refractivity contribution in [1.29, 1.82) is 0 Å². The SMILES string of the molecule is C[C](OCc1ccccc1)C1CCCCC1. The third kappa shape index (κ3) is 3.34. The molecular weight excluding hydrogens is 196 g/mol. The van der Waals surface area contributed by atoms with Crippen LogP contribution in [0, 0.1) is 12.0 Å². The summed E-state index contributed by atoms with van der Waals surface area (Å²) < 4.78 is 5.88. The van der Waals surface area contributed by atoms with Crippen LogP contribution in [0.15, 0.2) is 30.3 Å². The molecule has 1 aliphatic carbocycles. The van der Waals surface area contributed by atoms with Crippen molar-refractivity contribution in [1.82, 2.24) is 0 Å². The van der Waals surface area contributed by atoms with Gasteiger partial charge in [-0.1, -0.05) is 49.6 Å². The lowest BCUT2D eigenvalue weighted by Crippen LogP contribution is -2.16. The van der Waals surface area contributed by atoms with Crippen LogP contribution in [0.3, 0.4) is 0 Å². The minimum absolute atomic E-state index is 0.706. The Kier molecular flexibility index (Phi) is 4.41. The molecule has 0 spiro atoms. The average molecular weight is 217 g/mol. The van der Waals surface area contributed by atoms with Crippen LogP contribution < -0.4 is 0 Å². The van der Waals surface area contributed by atoms with E-state index in [2.05, 4.69) is 31.2 Å². The summed E-state index contributed by atoms with van der Waals surface area (Å²) in [6, 6.07) is 10.4. The molecule has 1 aromatic carbocycles. The maximum Gasteiger partial charge on any atom is 0.0975 e. The minimum atomic E-state index is 0.706. The highest BCUT2D eigenvalue weighted by atomic mass is 16.5. The molecule has 1 fully saturated rings. The highest BCUT2D eigenvalue weighted by molar-refractivity contribution is 5.13. The van der Waals surface area contributed by atoms with E-state index < -0.39 is 0 Å². The molecule has 0 amide bonds. The van der Waals surface area contributed by atoms with Crippen molar-refractivity contribution in [3.63, 3.8) is 0 Å². The zero-order valence-corrected chi connectivity index (χ0v) is 10.1. The van der Waals surface area contributed by atoms with Gasteiger partial charge < -0.3 is 4.74 Å². The number of hydrogen-bond acceptors (Lipinski definition) is 1. The molecular formula is C15H21O. The molecule has 0 unspecified atom stereocenters. The first-order valence-electron chi connectivity index (χ1n) is 6.36. The molecule has 1 nitrogen and oxygen atoms in total. The summed E-state index contributed by atoms with van der Waals surface area (Å²) >= 11 is 0. The van der Waals surface area contributed by atoms with Crippen LogP contribution in [0.1, 0.15) is 44.6 Å². The lowest BCUT2D eigenvalue weighted by molar-refractivity contribution is 0.0852. The zero-order chi connectivity index (χ0) is 11.2. The number of hydrogen-bond donors (Lipinski definition) is 0. The second kappa shape index (κ2) is 6.05. The Hall–Kier alpha value is -0.820. The molecule has 0 aromatic heterocycles. The second-order valence-electron chi connectivity index (χ2n) is 4.72. The summed E-state index contributed by atoms with van der Waals surface area (Å²) in [4.78, 5) is 0. The monoisotopic (exact) mass is 217 g/mol. The predicted octanol–water partition coefficient (Wildman–Crippen LogP) is 4.34. The first kappa shape index (κ1) is 11.7. The molecule has 0 atom stereocenters. The first-order valence-corrected chi connectivity index (χ1v) is 6.36. The Morgan fingerprint density at radius 1 is 1.12 bits per heavy atom. The van der Waals surface area contributed by atoms with Gasteiger partial charge in [-0.25, -0.2) is 0 Å². The van der Waals surface area contributed by atoms with Crippen molar-refractivity contribution in [2.24, 2.45) is 5.92 Å². The van der Waals surface area contributed by atoms with Crippen molar-refractivity contribution in [2.75, 3.05) is 0 Å². The Morgan fingerprint density at radius 2 is 1.81 bits per heavy atom. The molecule has 1 saturated carbocycles. The first-order chi connectivity index (χ1) is 7.86. The van der Waals surface area contributed by atoms with E-state index in [0.717, 1.165) is 6.61 Å². The Morgan fingerprint density at radius 3 is 2.50 bits per heavy atom. The molecule has 1 aliphatic rings. The van der Waals surface area contributed by atoms with E-state index in [9.17, 15) is 0 Å². The van der Waals surface area contributed by atoms with Gasteiger partial charge in [0.05, 0.1) is 12.7 Å². The largest absolute Gasteiger partial charge is 0.367 e. The fourth-order valence-corrected chi connectivity index (χ4v) is 2.40. The van der Waals surface area contributed by atoms with Crippen molar-refractivity contribution < 1.29 is 4.74 Å². The highest BCUT2D eigenvalue weighted by Gasteiger charge is 2.21. The van der Waals surface area contributed by atoms with Crippen molar-refractivity contribution in [3.8, 4) is 0 Å². The van der Waals surface area contributed by atoms with E-state index >= 15 is 0 Å². The molecule has 1 radical (unpaired) electrons. The van der Waals surface area contributed by atoms with Crippen molar-refractivity contribution in [3.05, 3.63) is 42.0 Å². The summed E-state index contributed by atoms with van der Waals surface area (Å²) in [7, 11) is 0. The van der Waals surface area contributed by atoms with Gasteiger partial charge in [-0.05, 0) is 31.2 Å². The van der Waals surface area contributed by atoms with E-state index in [1.54, 1.807) is 0 Å². The Bertz CT molecular complexity index is 288. The van der Waals surface area contributed by atoms with Gasteiger partial charge in [-0.3, -0.25) is 0 Å². The Labute approximate surface area is 98.8 Å². The molecule has 0 saturated heterocycles. The lowest BCUT2D eigenvalue weighted by atomic mass is 9.86. The van der Waals surface area contributed by atoms with E-state index in [0.29, 0.717) is 5.92 Å². The van der Waals surface area contributed by atoms with Gasteiger partial charge in [0.15, 0.2) is 0 Å². The molecule has 2 rings (SSSR count). The highest BCUT2D eigenvalue weighted by Crippen LogP contribution is 2.32. The van der Waals surface area contributed by atoms with E-state index in [-0.39, 0.29) is 0 Å². The van der Waals surface area contributed by atoms with Gasteiger partial charge in [-0.15, -0.1) is 0 Å². The molecule has 0 aliphatic heterocycles. The van der Waals surface area contributed by atoms with Crippen LogP contribution >= 0.6 is 0 Å². The van der Waals surface area contributed by atoms with Gasteiger partial charge in [0.25, 0.3) is 0 Å². The standard InChI is InChI=1S/C15H21O/c1-13(15-10-6-3-7-11-15)16-12-14-8-4-2-5-9-14/h2,4-5,8-9,15H,3,6-7,10-12H2,1H3. The van der Waals surface area contributed by atoms with E-state index in [1.165, 1.54) is 43.8 Å². The molecule has 87 valence electrons. The van der Waals surface area contributed by atoms with Crippen LogP contribution in [0.4, 0.5) is 0 Å². The molecule has 16 heavy (non-hydrogen) atoms. The topological polar surface area (TPSA) is 9.23 Å². The average Bonchev–Trinajstić information content (AvgIpc) is 2.38. The van der Waals surface area contributed by atoms with Crippen LogP contribution in [-0.2, 0) is 11.3 Å². The fourth-order valence-electron chi connectivity index (χ4n) is 2.40. The van der Waals surface area contributed by atoms with Crippen molar-refractivity contribution in [2.45, 2.75) is 45.6 Å². The van der Waals surface area contributed by atoms with Gasteiger partial charge in [0.2, 0.25) is 0 Å². The molecule has 1 aromatic rings. The van der Waals surface area contributed by atoms with Crippen molar-refractivity contribution >= 4 is 0 Å². The zero-order valence-electron chi connectivity index (χ0n) is 10.1. The second-order valence-corrected chi connectivity index (χ2v) is 4.72. The Balaban J connectivity index is 1.76. The lowest BCUT2D eigenvalue weighted by Gasteiger charge is -2.26.